The number of imidazole rings is 1. The number of hydrogen-bond acceptors (Lipinski definition) is 7. The van der Waals surface area contributed by atoms with Crippen LogP contribution in [0.5, 0.6) is 0 Å². The van der Waals surface area contributed by atoms with Gasteiger partial charge in [0.2, 0.25) is 0 Å². The molecule has 0 aromatic carbocycles. The molecule has 0 aliphatic heterocycles. The van der Waals surface area contributed by atoms with Crippen molar-refractivity contribution in [2.75, 3.05) is 5.32 Å². The van der Waals surface area contributed by atoms with E-state index in [0.29, 0.717) is 5.70 Å². The van der Waals surface area contributed by atoms with Gasteiger partial charge >= 0.3 is 11.9 Å². The molecule has 4 aromatic rings. The van der Waals surface area contributed by atoms with Gasteiger partial charge < -0.3 is 9.88 Å². The predicted molar refractivity (Wildman–Crippen MR) is 113 cm³/mol. The normalized spacial score (nSPS) is 11.7. The molecule has 2 N–H and O–H groups in total. The standard InChI is InChI=1S/C20H17F3N8O2/c1-10(8-31-9-26-17-16(31)18(32)29-19(33)30(17)3)27-15-7-24-6-14(28-15)12-4-13(20(21,22)23)11(2)25-5-12/h4-7,9H,1,8H2,2-3H3,(H,27,28)(H,29,32,33). The molecule has 0 fully saturated rings. The van der Waals surface area contributed by atoms with Crippen molar-refractivity contribution in [2.24, 2.45) is 7.05 Å². The van der Waals surface area contributed by atoms with Crippen LogP contribution in [0.1, 0.15) is 11.3 Å². The minimum atomic E-state index is -4.54. The van der Waals surface area contributed by atoms with Crippen LogP contribution in [0, 0.1) is 6.92 Å². The second-order valence-electron chi connectivity index (χ2n) is 7.24. The van der Waals surface area contributed by atoms with E-state index < -0.39 is 23.0 Å². The first-order valence-corrected chi connectivity index (χ1v) is 9.50. The Bertz CT molecular complexity index is 1500. The van der Waals surface area contributed by atoms with Crippen molar-refractivity contribution in [1.29, 1.82) is 0 Å². The zero-order chi connectivity index (χ0) is 23.9. The van der Waals surface area contributed by atoms with Crippen LogP contribution >= 0.6 is 0 Å². The summed E-state index contributed by atoms with van der Waals surface area (Å²) >= 11 is 0. The van der Waals surface area contributed by atoms with Crippen LogP contribution < -0.4 is 16.6 Å². The number of H-pyrrole nitrogens is 1. The summed E-state index contributed by atoms with van der Waals surface area (Å²) in [6.07, 6.45) is 0.846. The number of rotatable bonds is 5. The Labute approximate surface area is 183 Å². The van der Waals surface area contributed by atoms with Crippen molar-refractivity contribution in [3.8, 4) is 11.3 Å². The number of nitrogens with zero attached hydrogens (tertiary/aromatic N) is 6. The lowest BCUT2D eigenvalue weighted by Gasteiger charge is -2.13. The van der Waals surface area contributed by atoms with Gasteiger partial charge in [-0.15, -0.1) is 0 Å². The van der Waals surface area contributed by atoms with Crippen molar-refractivity contribution in [1.82, 2.24) is 34.1 Å². The Morgan fingerprint density at radius 3 is 2.70 bits per heavy atom. The fourth-order valence-electron chi connectivity index (χ4n) is 3.26. The molecule has 0 spiro atoms. The zero-order valence-electron chi connectivity index (χ0n) is 17.4. The van der Waals surface area contributed by atoms with Gasteiger partial charge in [0.15, 0.2) is 11.2 Å². The summed E-state index contributed by atoms with van der Waals surface area (Å²) in [5, 5.41) is 2.92. The maximum Gasteiger partial charge on any atom is 0.418 e. The molecule has 13 heteroatoms. The highest BCUT2D eigenvalue weighted by Crippen LogP contribution is 2.33. The third-order valence-corrected chi connectivity index (χ3v) is 4.86. The van der Waals surface area contributed by atoms with Gasteiger partial charge in [-0.05, 0) is 13.0 Å². The minimum absolute atomic E-state index is 0.105. The smallest absolute Gasteiger partial charge is 0.341 e. The van der Waals surface area contributed by atoms with Crippen LogP contribution in [0.3, 0.4) is 0 Å². The quantitative estimate of drug-likeness (QED) is 0.470. The number of pyridine rings is 1. The molecule has 0 unspecified atom stereocenters. The molecule has 0 amide bonds. The second kappa shape index (κ2) is 8.00. The van der Waals surface area contributed by atoms with E-state index in [0.717, 1.165) is 6.07 Å². The minimum Gasteiger partial charge on any atom is -0.341 e. The van der Waals surface area contributed by atoms with Crippen LogP contribution in [0.15, 0.2) is 52.8 Å². The summed E-state index contributed by atoms with van der Waals surface area (Å²) in [6.45, 7) is 5.28. The molecule has 33 heavy (non-hydrogen) atoms. The Balaban J connectivity index is 1.58. The Kier molecular flexibility index (Phi) is 5.31. The molecular formula is C20H17F3N8O2. The molecule has 4 heterocycles. The second-order valence-corrected chi connectivity index (χ2v) is 7.24. The Hall–Kier alpha value is -4.29. The van der Waals surface area contributed by atoms with Gasteiger partial charge in [0.25, 0.3) is 5.56 Å². The Morgan fingerprint density at radius 1 is 1.21 bits per heavy atom. The van der Waals surface area contributed by atoms with Crippen molar-refractivity contribution >= 4 is 17.0 Å². The lowest BCUT2D eigenvalue weighted by atomic mass is 10.1. The topological polar surface area (TPSA) is 123 Å². The van der Waals surface area contributed by atoms with Gasteiger partial charge in [0.1, 0.15) is 5.82 Å². The van der Waals surface area contributed by atoms with E-state index >= 15 is 0 Å². The first-order chi connectivity index (χ1) is 15.5. The van der Waals surface area contributed by atoms with E-state index in [2.05, 4.69) is 36.8 Å². The molecule has 0 saturated carbocycles. The predicted octanol–water partition coefficient (Wildman–Crippen LogP) is 2.23. The average Bonchev–Trinajstić information content (AvgIpc) is 3.16. The highest BCUT2D eigenvalue weighted by Gasteiger charge is 2.33. The van der Waals surface area contributed by atoms with Crippen LogP contribution in [-0.2, 0) is 19.8 Å². The molecule has 4 rings (SSSR count). The molecule has 10 nitrogen and oxygen atoms in total. The largest absolute Gasteiger partial charge is 0.418 e. The van der Waals surface area contributed by atoms with E-state index in [9.17, 15) is 22.8 Å². The summed E-state index contributed by atoms with van der Waals surface area (Å²) < 4.78 is 42.3. The molecular weight excluding hydrogens is 441 g/mol. The number of aromatic nitrogens is 7. The van der Waals surface area contributed by atoms with Gasteiger partial charge in [-0.3, -0.25) is 24.3 Å². The molecule has 0 aliphatic carbocycles. The number of fused-ring (bicyclic) bond motifs is 1. The SMILES string of the molecule is C=C(Cn1cnc2c1c(=O)[nH]c(=O)n2C)Nc1cncc(-c2cnc(C)c(C(F)(F)F)c2)n1. The van der Waals surface area contributed by atoms with Crippen LogP contribution in [0.4, 0.5) is 19.0 Å². The summed E-state index contributed by atoms with van der Waals surface area (Å²) in [5.41, 5.74) is -1.03. The van der Waals surface area contributed by atoms with Gasteiger partial charge in [-0.1, -0.05) is 6.58 Å². The van der Waals surface area contributed by atoms with Crippen molar-refractivity contribution in [2.45, 2.75) is 19.6 Å². The lowest BCUT2D eigenvalue weighted by Crippen LogP contribution is -2.29. The molecule has 0 radical (unpaired) electrons. The molecule has 170 valence electrons. The van der Waals surface area contributed by atoms with Gasteiger partial charge in [0, 0.05) is 30.2 Å². The van der Waals surface area contributed by atoms with E-state index in [-0.39, 0.29) is 40.5 Å². The number of aromatic amines is 1. The highest BCUT2D eigenvalue weighted by molar-refractivity contribution is 5.70. The summed E-state index contributed by atoms with van der Waals surface area (Å²) in [7, 11) is 1.48. The van der Waals surface area contributed by atoms with Gasteiger partial charge in [-0.25, -0.2) is 14.8 Å². The van der Waals surface area contributed by atoms with Crippen molar-refractivity contribution < 1.29 is 13.2 Å². The monoisotopic (exact) mass is 458 g/mol. The van der Waals surface area contributed by atoms with Crippen LogP contribution in [-0.4, -0.2) is 34.1 Å². The fourth-order valence-corrected chi connectivity index (χ4v) is 3.26. The number of hydrogen-bond donors (Lipinski definition) is 2. The molecule has 0 saturated heterocycles. The summed E-state index contributed by atoms with van der Waals surface area (Å²) in [4.78, 5) is 42.4. The van der Waals surface area contributed by atoms with Gasteiger partial charge in [-0.2, -0.15) is 13.2 Å². The summed E-state index contributed by atoms with van der Waals surface area (Å²) in [5.74, 6) is 0.234. The van der Waals surface area contributed by atoms with E-state index in [1.165, 1.54) is 48.0 Å². The average molecular weight is 458 g/mol. The van der Waals surface area contributed by atoms with Gasteiger partial charge in [0.05, 0.1) is 36.5 Å². The third kappa shape index (κ3) is 4.24. The van der Waals surface area contributed by atoms with E-state index in [1.54, 1.807) is 0 Å². The Morgan fingerprint density at radius 2 is 1.97 bits per heavy atom. The number of nitrogens with one attached hydrogen (secondary N) is 2. The first kappa shape index (κ1) is 21.9. The fraction of sp³-hybridized carbons (Fsp3) is 0.200. The summed E-state index contributed by atoms with van der Waals surface area (Å²) in [6, 6.07) is 0.971. The van der Waals surface area contributed by atoms with E-state index in [1.807, 2.05) is 0 Å². The molecule has 0 atom stereocenters. The third-order valence-electron chi connectivity index (χ3n) is 4.86. The number of anilines is 1. The van der Waals surface area contributed by atoms with E-state index in [4.69, 9.17) is 0 Å². The number of allylic oxidation sites excluding steroid dienone is 1. The maximum atomic E-state index is 13.2. The van der Waals surface area contributed by atoms with Crippen molar-refractivity contribution in [3.05, 3.63) is 75.4 Å². The highest BCUT2D eigenvalue weighted by atomic mass is 19.4. The zero-order valence-corrected chi connectivity index (χ0v) is 17.4. The molecule has 0 aliphatic rings. The van der Waals surface area contributed by atoms with Crippen LogP contribution in [0.2, 0.25) is 0 Å². The number of aryl methyl sites for hydroxylation is 2. The number of alkyl halides is 3. The first-order valence-electron chi connectivity index (χ1n) is 9.50. The number of halogens is 3. The molecule has 4 aromatic heterocycles. The lowest BCUT2D eigenvalue weighted by molar-refractivity contribution is -0.138. The maximum absolute atomic E-state index is 13.2. The molecule has 0 bridgehead atoms. The van der Waals surface area contributed by atoms with Crippen LogP contribution in [0.25, 0.3) is 22.4 Å². The van der Waals surface area contributed by atoms with Crippen molar-refractivity contribution in [3.63, 3.8) is 0 Å².